The predicted octanol–water partition coefficient (Wildman–Crippen LogP) is 3.61. The molecular weight excluding hydrogens is 426 g/mol. The van der Waals surface area contributed by atoms with Crippen LogP contribution in [0.1, 0.15) is 5.56 Å². The van der Waals surface area contributed by atoms with Gasteiger partial charge in [-0.15, -0.1) is 0 Å². The minimum Gasteiger partial charge on any atom is -0.497 e. The molecule has 0 saturated heterocycles. The number of aryl methyl sites for hydroxylation is 1. The monoisotopic (exact) mass is 451 g/mol. The molecule has 0 aliphatic heterocycles. The van der Waals surface area contributed by atoms with Crippen LogP contribution in [0.5, 0.6) is 5.75 Å². The van der Waals surface area contributed by atoms with Crippen molar-refractivity contribution in [3.05, 3.63) is 84.7 Å². The first-order valence-electron chi connectivity index (χ1n) is 10.2. The average Bonchev–Trinajstić information content (AvgIpc) is 3.20. The van der Waals surface area contributed by atoms with Gasteiger partial charge in [0.25, 0.3) is 10.0 Å². The number of imidazole rings is 1. The van der Waals surface area contributed by atoms with E-state index in [1.165, 1.54) is 4.31 Å². The number of rotatable bonds is 8. The first-order valence-corrected chi connectivity index (χ1v) is 11.6. The molecule has 1 heterocycles. The van der Waals surface area contributed by atoms with Crippen LogP contribution in [0.2, 0.25) is 0 Å². The highest BCUT2D eigenvalue weighted by molar-refractivity contribution is 7.92. The summed E-state index contributed by atoms with van der Waals surface area (Å²) in [5, 5.41) is 10.9. The van der Waals surface area contributed by atoms with E-state index < -0.39 is 16.1 Å². The van der Waals surface area contributed by atoms with Crippen LogP contribution < -0.4 is 9.04 Å². The fraction of sp³-hybridized carbons (Fsp3) is 0.208. The van der Waals surface area contributed by atoms with E-state index >= 15 is 0 Å². The highest BCUT2D eigenvalue weighted by atomic mass is 32.2. The number of aliphatic hydroxyl groups excluding tert-OH is 1. The Kier molecular flexibility index (Phi) is 6.16. The summed E-state index contributed by atoms with van der Waals surface area (Å²) in [6.07, 6.45) is 0.690. The second kappa shape index (κ2) is 9.02. The van der Waals surface area contributed by atoms with E-state index in [2.05, 4.69) is 4.98 Å². The highest BCUT2D eigenvalue weighted by Gasteiger charge is 2.27. The molecule has 166 valence electrons. The minimum atomic E-state index is -3.90. The molecule has 4 rings (SSSR count). The summed E-state index contributed by atoms with van der Waals surface area (Å²) in [5.41, 5.74) is 3.11. The number of sulfonamides is 1. The van der Waals surface area contributed by atoms with Crippen LogP contribution in [-0.4, -0.2) is 42.8 Å². The number of para-hydroxylation sites is 2. The highest BCUT2D eigenvalue weighted by Crippen LogP contribution is 2.27. The molecule has 1 aromatic heterocycles. The quantitative estimate of drug-likeness (QED) is 0.442. The van der Waals surface area contributed by atoms with Gasteiger partial charge < -0.3 is 14.4 Å². The van der Waals surface area contributed by atoms with Crippen LogP contribution in [0.4, 0.5) is 5.69 Å². The van der Waals surface area contributed by atoms with Crippen molar-refractivity contribution < 1.29 is 18.3 Å². The third-order valence-electron chi connectivity index (χ3n) is 5.28. The van der Waals surface area contributed by atoms with E-state index in [-0.39, 0.29) is 18.0 Å². The Bertz CT molecular complexity index is 1300. The second-order valence-electron chi connectivity index (χ2n) is 7.59. The summed E-state index contributed by atoms with van der Waals surface area (Å²) in [4.78, 5) is 4.50. The van der Waals surface area contributed by atoms with E-state index in [1.807, 2.05) is 35.8 Å². The lowest BCUT2D eigenvalue weighted by molar-refractivity contribution is 0.164. The van der Waals surface area contributed by atoms with Gasteiger partial charge in [-0.1, -0.05) is 29.8 Å². The molecule has 3 aromatic carbocycles. The van der Waals surface area contributed by atoms with E-state index in [4.69, 9.17) is 4.74 Å². The van der Waals surface area contributed by atoms with Gasteiger partial charge in [-0.2, -0.15) is 0 Å². The van der Waals surface area contributed by atoms with Crippen LogP contribution in [0.25, 0.3) is 11.0 Å². The molecule has 0 aliphatic rings. The zero-order chi connectivity index (χ0) is 22.7. The number of fused-ring (bicyclic) bond motifs is 1. The van der Waals surface area contributed by atoms with Crippen molar-refractivity contribution in [2.24, 2.45) is 0 Å². The molecule has 0 saturated carbocycles. The Morgan fingerprint density at radius 1 is 1.03 bits per heavy atom. The van der Waals surface area contributed by atoms with Crippen molar-refractivity contribution in [2.45, 2.75) is 24.5 Å². The van der Waals surface area contributed by atoms with Crippen LogP contribution in [0.15, 0.2) is 84.0 Å². The third kappa shape index (κ3) is 4.46. The Morgan fingerprint density at radius 3 is 2.41 bits per heavy atom. The lowest BCUT2D eigenvalue weighted by Gasteiger charge is -2.27. The number of hydrogen-bond donors (Lipinski definition) is 1. The fourth-order valence-electron chi connectivity index (χ4n) is 3.56. The molecule has 0 unspecified atom stereocenters. The molecule has 32 heavy (non-hydrogen) atoms. The molecule has 7 nitrogen and oxygen atoms in total. The van der Waals surface area contributed by atoms with E-state index in [0.717, 1.165) is 16.6 Å². The molecule has 4 aromatic rings. The maximum atomic E-state index is 13.5. The van der Waals surface area contributed by atoms with Gasteiger partial charge in [0.2, 0.25) is 0 Å². The number of benzene rings is 3. The zero-order valence-corrected chi connectivity index (χ0v) is 18.7. The standard InChI is InChI=1S/C24H25N3O4S/c1-18-7-13-22(14-8-18)32(29,30)27(19-9-11-21(31-2)12-10-19)16-20(28)15-26-17-25-23-5-3-4-6-24(23)26/h3-14,17,20,28H,15-16H2,1-2H3/t20-/m1/s1. The minimum absolute atomic E-state index is 0.116. The number of hydrogen-bond acceptors (Lipinski definition) is 5. The summed E-state index contributed by atoms with van der Waals surface area (Å²) in [6.45, 7) is 1.99. The molecule has 1 atom stereocenters. The molecule has 0 aliphatic carbocycles. The average molecular weight is 452 g/mol. The van der Waals surface area contributed by atoms with Crippen molar-refractivity contribution in [3.63, 3.8) is 0 Å². The first-order chi connectivity index (χ1) is 15.4. The Hall–Kier alpha value is -3.36. The zero-order valence-electron chi connectivity index (χ0n) is 17.9. The molecule has 0 radical (unpaired) electrons. The van der Waals surface area contributed by atoms with Crippen molar-refractivity contribution in [3.8, 4) is 5.75 Å². The van der Waals surface area contributed by atoms with Gasteiger partial charge >= 0.3 is 0 Å². The van der Waals surface area contributed by atoms with E-state index in [1.54, 1.807) is 62.0 Å². The number of ether oxygens (including phenoxy) is 1. The van der Waals surface area contributed by atoms with Crippen molar-refractivity contribution >= 4 is 26.7 Å². The van der Waals surface area contributed by atoms with Gasteiger partial charge in [0.15, 0.2) is 0 Å². The van der Waals surface area contributed by atoms with Gasteiger partial charge in [0.05, 0.1) is 54.2 Å². The molecule has 0 spiro atoms. The Balaban J connectivity index is 1.65. The van der Waals surface area contributed by atoms with Crippen LogP contribution in [0, 0.1) is 6.92 Å². The van der Waals surface area contributed by atoms with Gasteiger partial charge in [-0.25, -0.2) is 13.4 Å². The summed E-state index contributed by atoms with van der Waals surface area (Å²) in [7, 11) is -2.35. The van der Waals surface area contributed by atoms with E-state index in [9.17, 15) is 13.5 Å². The molecule has 8 heteroatoms. The number of anilines is 1. The lowest BCUT2D eigenvalue weighted by atomic mass is 10.2. The van der Waals surface area contributed by atoms with Gasteiger partial charge in [0.1, 0.15) is 5.75 Å². The smallest absolute Gasteiger partial charge is 0.264 e. The van der Waals surface area contributed by atoms with Crippen LogP contribution >= 0.6 is 0 Å². The van der Waals surface area contributed by atoms with Crippen molar-refractivity contribution in [2.75, 3.05) is 18.0 Å². The SMILES string of the molecule is COc1ccc(N(C[C@H](O)Cn2cnc3ccccc32)S(=O)(=O)c2ccc(C)cc2)cc1. The normalized spacial score (nSPS) is 12.6. The predicted molar refractivity (Wildman–Crippen MR) is 124 cm³/mol. The molecule has 1 N–H and O–H groups in total. The maximum Gasteiger partial charge on any atom is 0.264 e. The van der Waals surface area contributed by atoms with Crippen molar-refractivity contribution in [1.82, 2.24) is 9.55 Å². The third-order valence-corrected chi connectivity index (χ3v) is 7.09. The van der Waals surface area contributed by atoms with Crippen LogP contribution in [-0.2, 0) is 16.6 Å². The second-order valence-corrected chi connectivity index (χ2v) is 9.45. The number of methoxy groups -OCH3 is 1. The maximum absolute atomic E-state index is 13.5. The lowest BCUT2D eigenvalue weighted by Crippen LogP contribution is -2.39. The molecule has 0 amide bonds. The van der Waals surface area contributed by atoms with Crippen molar-refractivity contribution in [1.29, 1.82) is 0 Å². The van der Waals surface area contributed by atoms with Gasteiger partial charge in [-0.3, -0.25) is 4.31 Å². The summed E-state index contributed by atoms with van der Waals surface area (Å²) >= 11 is 0. The molecule has 0 fully saturated rings. The van der Waals surface area contributed by atoms with E-state index in [0.29, 0.717) is 11.4 Å². The topological polar surface area (TPSA) is 84.7 Å². The fourth-order valence-corrected chi connectivity index (χ4v) is 5.06. The Labute approximate surface area is 187 Å². The number of aliphatic hydroxyl groups is 1. The summed E-state index contributed by atoms with van der Waals surface area (Å²) < 4.78 is 35.3. The van der Waals surface area contributed by atoms with Crippen LogP contribution in [0.3, 0.4) is 0 Å². The Morgan fingerprint density at radius 2 is 1.72 bits per heavy atom. The number of nitrogens with zero attached hydrogens (tertiary/aromatic N) is 3. The summed E-state index contributed by atoms with van der Waals surface area (Å²) in [5.74, 6) is 0.617. The molecule has 0 bridgehead atoms. The van der Waals surface area contributed by atoms with Gasteiger partial charge in [0, 0.05) is 0 Å². The first kappa shape index (κ1) is 21.9. The number of aromatic nitrogens is 2. The van der Waals surface area contributed by atoms with Gasteiger partial charge in [-0.05, 0) is 55.5 Å². The summed E-state index contributed by atoms with van der Waals surface area (Å²) in [6, 6.07) is 21.0. The largest absolute Gasteiger partial charge is 0.497 e. The molecular formula is C24H25N3O4S.